The monoisotopic (exact) mass is 291 g/mol. The topological polar surface area (TPSA) is 116 Å². The van der Waals surface area contributed by atoms with Crippen LogP contribution in [0.25, 0.3) is 0 Å². The van der Waals surface area contributed by atoms with E-state index in [1.54, 1.807) is 0 Å². The van der Waals surface area contributed by atoms with Gasteiger partial charge in [-0.2, -0.15) is 5.10 Å². The summed E-state index contributed by atoms with van der Waals surface area (Å²) in [6.07, 6.45) is 2.74. The van der Waals surface area contributed by atoms with E-state index in [1.165, 1.54) is 36.7 Å². The molecule has 20 heavy (non-hydrogen) atoms. The van der Waals surface area contributed by atoms with Gasteiger partial charge in [0.2, 0.25) is 0 Å². The summed E-state index contributed by atoms with van der Waals surface area (Å²) in [5.41, 5.74) is 3.15. The minimum absolute atomic E-state index is 0.00777. The number of aromatic amines is 2. The van der Waals surface area contributed by atoms with Crippen molar-refractivity contribution in [2.24, 2.45) is 5.10 Å². The average molecular weight is 291 g/mol. The van der Waals surface area contributed by atoms with Crippen LogP contribution in [0.5, 0.6) is 0 Å². The molecule has 0 fully saturated rings. The lowest BCUT2D eigenvalue weighted by molar-refractivity contribution is -0.384. The zero-order valence-electron chi connectivity index (χ0n) is 9.99. The van der Waals surface area contributed by atoms with Crippen molar-refractivity contribution in [2.45, 2.75) is 0 Å². The van der Waals surface area contributed by atoms with Gasteiger partial charge in [-0.15, -0.1) is 0 Å². The molecule has 0 radical (unpaired) electrons. The maximum atomic E-state index is 11.5. The van der Waals surface area contributed by atoms with Crippen LogP contribution in [0.1, 0.15) is 5.56 Å². The highest BCUT2D eigenvalue weighted by atomic mass is 32.1. The molecule has 0 aliphatic rings. The van der Waals surface area contributed by atoms with Crippen LogP contribution in [0.2, 0.25) is 0 Å². The van der Waals surface area contributed by atoms with Crippen molar-refractivity contribution < 1.29 is 4.92 Å². The normalized spacial score (nSPS) is 10.6. The Morgan fingerprint density at radius 3 is 2.65 bits per heavy atom. The summed E-state index contributed by atoms with van der Waals surface area (Å²) in [5, 5.41) is 14.3. The smallest absolute Gasteiger partial charge is 0.269 e. The summed E-state index contributed by atoms with van der Waals surface area (Å²) in [7, 11) is 0. The number of nitro groups is 1. The zero-order valence-corrected chi connectivity index (χ0v) is 10.8. The van der Waals surface area contributed by atoms with Gasteiger partial charge in [-0.25, -0.2) is 0 Å². The lowest BCUT2D eigenvalue weighted by Crippen LogP contribution is -2.13. The van der Waals surface area contributed by atoms with Crippen molar-refractivity contribution >= 4 is 29.8 Å². The molecular formula is C11H9N5O3S. The third-order valence-electron chi connectivity index (χ3n) is 2.32. The first-order valence-corrected chi connectivity index (χ1v) is 5.82. The number of hydrazone groups is 1. The Bertz CT molecular complexity index is 763. The summed E-state index contributed by atoms with van der Waals surface area (Å²) in [4.78, 5) is 26.6. The molecule has 0 bridgehead atoms. The molecule has 3 N–H and O–H groups in total. The fraction of sp³-hybridized carbons (Fsp3) is 0. The van der Waals surface area contributed by atoms with Gasteiger partial charge >= 0.3 is 0 Å². The first kappa shape index (κ1) is 13.6. The number of nitrogens with one attached hydrogen (secondary N) is 3. The van der Waals surface area contributed by atoms with E-state index in [4.69, 9.17) is 12.2 Å². The molecule has 102 valence electrons. The number of anilines is 1. The number of non-ortho nitro benzene ring substituents is 1. The minimum Gasteiger partial charge on any atom is -0.338 e. The molecule has 0 saturated carbocycles. The number of aromatic nitrogens is 2. The van der Waals surface area contributed by atoms with E-state index < -0.39 is 4.92 Å². The summed E-state index contributed by atoms with van der Waals surface area (Å²) in [5.74, 6) is 0. The van der Waals surface area contributed by atoms with E-state index in [-0.39, 0.29) is 16.0 Å². The number of nitrogens with zero attached hydrogens (tertiary/aromatic N) is 2. The number of benzene rings is 1. The van der Waals surface area contributed by atoms with E-state index >= 15 is 0 Å². The molecular weight excluding hydrogens is 282 g/mol. The summed E-state index contributed by atoms with van der Waals surface area (Å²) in [6, 6.07) is 5.73. The van der Waals surface area contributed by atoms with Crippen molar-refractivity contribution in [1.82, 2.24) is 9.97 Å². The predicted octanol–water partition coefficient (Wildman–Crippen LogP) is 1.79. The highest BCUT2D eigenvalue weighted by Gasteiger charge is 2.02. The molecule has 1 aromatic heterocycles. The number of H-pyrrole nitrogens is 2. The molecule has 0 atom stereocenters. The highest BCUT2D eigenvalue weighted by Crippen LogP contribution is 2.15. The highest BCUT2D eigenvalue weighted by molar-refractivity contribution is 7.71. The number of hydrogen-bond donors (Lipinski definition) is 3. The second-order valence-electron chi connectivity index (χ2n) is 3.70. The van der Waals surface area contributed by atoms with E-state index in [9.17, 15) is 14.9 Å². The maximum Gasteiger partial charge on any atom is 0.269 e. The first-order valence-electron chi connectivity index (χ1n) is 5.42. The van der Waals surface area contributed by atoms with Gasteiger partial charge in [0.1, 0.15) is 0 Å². The van der Waals surface area contributed by atoms with Gasteiger partial charge in [0.05, 0.1) is 22.4 Å². The Morgan fingerprint density at radius 1 is 1.35 bits per heavy atom. The number of nitro benzene ring substituents is 1. The van der Waals surface area contributed by atoms with Crippen molar-refractivity contribution in [3.8, 4) is 0 Å². The fourth-order valence-corrected chi connectivity index (χ4v) is 1.50. The lowest BCUT2D eigenvalue weighted by Gasteiger charge is -1.99. The molecule has 0 spiro atoms. The molecule has 0 unspecified atom stereocenters. The van der Waals surface area contributed by atoms with E-state index in [0.717, 1.165) is 0 Å². The summed E-state index contributed by atoms with van der Waals surface area (Å²) in [6.45, 7) is 0. The summed E-state index contributed by atoms with van der Waals surface area (Å²) < 4.78 is 0.232. The number of hydrogen-bond acceptors (Lipinski definition) is 6. The largest absolute Gasteiger partial charge is 0.338 e. The third-order valence-corrected chi connectivity index (χ3v) is 2.54. The standard InChI is InChI=1S/C11H9N5O3S/c17-10-7(5-12-11(20)14-10)6-13-15-8-1-3-9(4-2-8)16(18)19/h1-6,15H,(H2,12,14,17,20). The molecule has 0 amide bonds. The minimum atomic E-state index is -0.487. The maximum absolute atomic E-state index is 11.5. The van der Waals surface area contributed by atoms with Crippen LogP contribution in [-0.2, 0) is 0 Å². The Balaban J connectivity index is 2.08. The first-order chi connectivity index (χ1) is 9.56. The summed E-state index contributed by atoms with van der Waals surface area (Å²) >= 11 is 4.76. The van der Waals surface area contributed by atoms with Crippen molar-refractivity contribution in [1.29, 1.82) is 0 Å². The Hall–Kier alpha value is -2.81. The van der Waals surface area contributed by atoms with Gasteiger partial charge in [0.15, 0.2) is 4.77 Å². The second-order valence-corrected chi connectivity index (χ2v) is 4.11. The van der Waals surface area contributed by atoms with Gasteiger partial charge in [0.25, 0.3) is 11.2 Å². The molecule has 8 nitrogen and oxygen atoms in total. The van der Waals surface area contributed by atoms with Crippen molar-refractivity contribution in [2.75, 3.05) is 5.43 Å². The third kappa shape index (κ3) is 3.36. The molecule has 0 saturated heterocycles. The molecule has 0 aliphatic heterocycles. The molecule has 0 aliphatic carbocycles. The zero-order chi connectivity index (χ0) is 14.5. The van der Waals surface area contributed by atoms with Crippen LogP contribution < -0.4 is 11.0 Å². The van der Waals surface area contributed by atoms with E-state index in [1.807, 2.05) is 0 Å². The quantitative estimate of drug-likeness (QED) is 0.343. The van der Waals surface area contributed by atoms with Gasteiger partial charge < -0.3 is 4.98 Å². The van der Waals surface area contributed by atoms with E-state index in [0.29, 0.717) is 11.3 Å². The molecule has 9 heteroatoms. The second kappa shape index (κ2) is 5.89. The predicted molar refractivity (Wildman–Crippen MR) is 76.6 cm³/mol. The van der Waals surface area contributed by atoms with Crippen LogP contribution in [-0.4, -0.2) is 21.1 Å². The van der Waals surface area contributed by atoms with Crippen LogP contribution in [0.4, 0.5) is 11.4 Å². The Morgan fingerprint density at radius 2 is 2.05 bits per heavy atom. The Kier molecular flexibility index (Phi) is 4.01. The van der Waals surface area contributed by atoms with Crippen molar-refractivity contribution in [3.63, 3.8) is 0 Å². The SMILES string of the molecule is O=c1[nH]c(=S)[nH]cc1C=NNc1ccc([N+](=O)[O-])cc1. The van der Waals surface area contributed by atoms with Gasteiger partial charge in [0, 0.05) is 18.3 Å². The van der Waals surface area contributed by atoms with E-state index in [2.05, 4.69) is 20.5 Å². The number of rotatable bonds is 4. The van der Waals surface area contributed by atoms with Crippen LogP contribution >= 0.6 is 12.2 Å². The molecule has 2 rings (SSSR count). The van der Waals surface area contributed by atoms with Gasteiger partial charge in [-0.1, -0.05) is 0 Å². The van der Waals surface area contributed by atoms with Crippen molar-refractivity contribution in [3.05, 3.63) is 61.3 Å². The lowest BCUT2D eigenvalue weighted by atomic mass is 10.3. The Labute approximate surface area is 117 Å². The van der Waals surface area contributed by atoms with Crippen LogP contribution in [0.15, 0.2) is 40.4 Å². The van der Waals surface area contributed by atoms with Gasteiger partial charge in [-0.3, -0.25) is 25.3 Å². The van der Waals surface area contributed by atoms with Crippen LogP contribution in [0, 0.1) is 14.9 Å². The molecule has 1 aromatic carbocycles. The fourth-order valence-electron chi connectivity index (χ4n) is 1.35. The average Bonchev–Trinajstić information content (AvgIpc) is 2.42. The molecule has 2 aromatic rings. The molecule has 1 heterocycles. The van der Waals surface area contributed by atoms with Crippen LogP contribution in [0.3, 0.4) is 0 Å². The van der Waals surface area contributed by atoms with Gasteiger partial charge in [-0.05, 0) is 24.4 Å².